The summed E-state index contributed by atoms with van der Waals surface area (Å²) < 4.78 is 37.2. The highest BCUT2D eigenvalue weighted by molar-refractivity contribution is 6.18. The van der Waals surface area contributed by atoms with E-state index in [1.165, 1.54) is 12.1 Å². The van der Waals surface area contributed by atoms with Gasteiger partial charge in [-0.25, -0.2) is 13.2 Å². The minimum atomic E-state index is -3.16. The van der Waals surface area contributed by atoms with Crippen LogP contribution in [0.5, 0.6) is 0 Å². The second-order valence-electron chi connectivity index (χ2n) is 3.25. The topological polar surface area (TPSA) is 17.1 Å². The van der Waals surface area contributed by atoms with E-state index in [0.717, 1.165) is 0 Å². The average molecular weight is 212 g/mol. The molecular weight excluding hydrogens is 205 g/mol. The van der Waals surface area contributed by atoms with Crippen molar-refractivity contribution in [2.45, 2.75) is 12.6 Å². The second-order valence-corrected chi connectivity index (χ2v) is 3.25. The predicted molar refractivity (Wildman–Crippen MR) is 49.6 cm³/mol. The number of benzene rings is 1. The Labute approximate surface area is 84.2 Å². The maximum absolute atomic E-state index is 13.0. The third-order valence-electron chi connectivity index (χ3n) is 2.30. The summed E-state index contributed by atoms with van der Waals surface area (Å²) in [6.45, 7) is 0. The highest BCUT2D eigenvalue weighted by atomic mass is 19.3. The van der Waals surface area contributed by atoms with Crippen LogP contribution < -0.4 is 0 Å². The van der Waals surface area contributed by atoms with Crippen molar-refractivity contribution in [1.82, 2.24) is 0 Å². The third-order valence-corrected chi connectivity index (χ3v) is 2.30. The Hall–Kier alpha value is -1.58. The molecule has 1 nitrogen and oxygen atoms in total. The lowest BCUT2D eigenvalue weighted by Crippen LogP contribution is -2.19. The molecule has 0 aromatic heterocycles. The molecule has 1 aliphatic carbocycles. The molecule has 0 spiro atoms. The first-order valence-corrected chi connectivity index (χ1v) is 4.39. The molecular formula is C11H7F3O. The Morgan fingerprint density at radius 1 is 1.07 bits per heavy atom. The molecule has 1 aliphatic rings. The SMILES string of the molecule is O=C1C(C(F)C(F)F)=Cc2ccccc21. The van der Waals surface area contributed by atoms with Crippen LogP contribution in [-0.2, 0) is 0 Å². The highest BCUT2D eigenvalue weighted by Gasteiger charge is 2.33. The number of alkyl halides is 3. The number of carbonyl (C=O) groups is 1. The van der Waals surface area contributed by atoms with Crippen LogP contribution in [0, 0.1) is 0 Å². The number of halogens is 3. The predicted octanol–water partition coefficient (Wildman–Crippen LogP) is 2.87. The van der Waals surface area contributed by atoms with Crippen LogP contribution in [0.4, 0.5) is 13.2 Å². The fourth-order valence-corrected chi connectivity index (χ4v) is 1.56. The van der Waals surface area contributed by atoms with Crippen molar-refractivity contribution >= 4 is 11.9 Å². The molecule has 0 saturated carbocycles. The number of Topliss-reactive ketones (excluding diaryl/α,β-unsaturated/α-hetero) is 1. The molecule has 1 aromatic carbocycles. The summed E-state index contributed by atoms with van der Waals surface area (Å²) in [7, 11) is 0. The molecule has 2 rings (SSSR count). The summed E-state index contributed by atoms with van der Waals surface area (Å²) >= 11 is 0. The zero-order valence-corrected chi connectivity index (χ0v) is 7.58. The van der Waals surface area contributed by atoms with Crippen LogP contribution in [-0.4, -0.2) is 18.4 Å². The summed E-state index contributed by atoms with van der Waals surface area (Å²) in [6, 6.07) is 6.38. The Bertz CT molecular complexity index is 437. The normalized spacial score (nSPS) is 16.5. The monoisotopic (exact) mass is 212 g/mol. The number of hydrogen-bond donors (Lipinski definition) is 0. The van der Waals surface area contributed by atoms with Gasteiger partial charge in [-0.05, 0) is 11.6 Å². The van der Waals surface area contributed by atoms with Gasteiger partial charge in [-0.3, -0.25) is 4.79 Å². The number of ketones is 1. The van der Waals surface area contributed by atoms with Crippen molar-refractivity contribution in [1.29, 1.82) is 0 Å². The summed E-state index contributed by atoms with van der Waals surface area (Å²) in [5.41, 5.74) is 0.336. The lowest BCUT2D eigenvalue weighted by molar-refractivity contribution is 0.0645. The summed E-state index contributed by atoms with van der Waals surface area (Å²) in [5, 5.41) is 0. The number of rotatable bonds is 2. The molecule has 0 amide bonds. The lowest BCUT2D eigenvalue weighted by Gasteiger charge is -2.06. The largest absolute Gasteiger partial charge is 0.289 e. The van der Waals surface area contributed by atoms with Gasteiger partial charge >= 0.3 is 0 Å². The molecule has 4 heteroatoms. The molecule has 1 atom stereocenters. The van der Waals surface area contributed by atoms with Gasteiger partial charge in [0.1, 0.15) is 0 Å². The zero-order valence-electron chi connectivity index (χ0n) is 7.58. The summed E-state index contributed by atoms with van der Waals surface area (Å²) in [5.74, 6) is -0.640. The number of allylic oxidation sites excluding steroid dienone is 1. The maximum atomic E-state index is 13.0. The van der Waals surface area contributed by atoms with Gasteiger partial charge in [0.25, 0.3) is 6.43 Å². The van der Waals surface area contributed by atoms with Crippen molar-refractivity contribution in [3.8, 4) is 0 Å². The van der Waals surface area contributed by atoms with Gasteiger partial charge in [0.2, 0.25) is 0 Å². The standard InChI is InChI=1S/C11H7F3O/c12-9(11(13)14)8-5-6-3-1-2-4-7(6)10(8)15/h1-5,9,11H. The number of fused-ring (bicyclic) bond motifs is 1. The van der Waals surface area contributed by atoms with Crippen LogP contribution in [0.3, 0.4) is 0 Å². The Morgan fingerprint density at radius 3 is 2.33 bits per heavy atom. The van der Waals surface area contributed by atoms with Crippen LogP contribution in [0.1, 0.15) is 15.9 Å². The van der Waals surface area contributed by atoms with E-state index in [2.05, 4.69) is 0 Å². The van der Waals surface area contributed by atoms with E-state index < -0.39 is 24.0 Å². The molecule has 0 N–H and O–H groups in total. The van der Waals surface area contributed by atoms with Gasteiger partial charge in [-0.15, -0.1) is 0 Å². The fraction of sp³-hybridized carbons (Fsp3) is 0.182. The van der Waals surface area contributed by atoms with E-state index in [0.29, 0.717) is 5.56 Å². The van der Waals surface area contributed by atoms with Crippen LogP contribution in [0.25, 0.3) is 6.08 Å². The van der Waals surface area contributed by atoms with Crippen molar-refractivity contribution in [2.24, 2.45) is 0 Å². The maximum Gasteiger partial charge on any atom is 0.273 e. The van der Waals surface area contributed by atoms with Gasteiger partial charge < -0.3 is 0 Å². The van der Waals surface area contributed by atoms with E-state index in [-0.39, 0.29) is 5.56 Å². The van der Waals surface area contributed by atoms with Crippen molar-refractivity contribution in [3.63, 3.8) is 0 Å². The van der Waals surface area contributed by atoms with E-state index in [1.807, 2.05) is 0 Å². The quantitative estimate of drug-likeness (QED) is 0.736. The van der Waals surface area contributed by atoms with Crippen molar-refractivity contribution in [2.75, 3.05) is 0 Å². The van der Waals surface area contributed by atoms with Gasteiger partial charge in [0.15, 0.2) is 12.0 Å². The Balaban J connectivity index is 2.39. The smallest absolute Gasteiger partial charge is 0.273 e. The molecule has 1 aromatic rings. The second kappa shape index (κ2) is 3.53. The van der Waals surface area contributed by atoms with Gasteiger partial charge in [0.05, 0.1) is 0 Å². The molecule has 78 valence electrons. The minimum absolute atomic E-state index is 0.288. The first kappa shape index (κ1) is 9.96. The minimum Gasteiger partial charge on any atom is -0.289 e. The van der Waals surface area contributed by atoms with Crippen LogP contribution in [0.15, 0.2) is 29.8 Å². The van der Waals surface area contributed by atoms with E-state index >= 15 is 0 Å². The zero-order chi connectivity index (χ0) is 11.0. The molecule has 0 bridgehead atoms. The molecule has 15 heavy (non-hydrogen) atoms. The first-order chi connectivity index (χ1) is 7.11. The third kappa shape index (κ3) is 1.56. The van der Waals surface area contributed by atoms with Crippen LogP contribution >= 0.6 is 0 Å². The number of hydrogen-bond acceptors (Lipinski definition) is 1. The van der Waals surface area contributed by atoms with E-state index in [1.54, 1.807) is 18.2 Å². The van der Waals surface area contributed by atoms with E-state index in [9.17, 15) is 18.0 Å². The van der Waals surface area contributed by atoms with Crippen molar-refractivity contribution < 1.29 is 18.0 Å². The molecule has 0 radical (unpaired) electrons. The summed E-state index contributed by atoms with van der Waals surface area (Å²) in [6.07, 6.45) is -4.46. The average Bonchev–Trinajstić information content (AvgIpc) is 2.56. The Morgan fingerprint density at radius 2 is 1.73 bits per heavy atom. The molecule has 0 fully saturated rings. The highest BCUT2D eigenvalue weighted by Crippen LogP contribution is 2.30. The van der Waals surface area contributed by atoms with Gasteiger partial charge in [-0.1, -0.05) is 24.3 Å². The summed E-state index contributed by atoms with van der Waals surface area (Å²) in [4.78, 5) is 11.5. The van der Waals surface area contributed by atoms with E-state index in [4.69, 9.17) is 0 Å². The Kier molecular flexibility index (Phi) is 2.34. The lowest BCUT2D eigenvalue weighted by atomic mass is 10.1. The van der Waals surface area contributed by atoms with Gasteiger partial charge in [0, 0.05) is 11.1 Å². The van der Waals surface area contributed by atoms with Crippen molar-refractivity contribution in [3.05, 3.63) is 41.0 Å². The molecule has 1 unspecified atom stereocenters. The fourth-order valence-electron chi connectivity index (χ4n) is 1.56. The first-order valence-electron chi connectivity index (χ1n) is 4.39. The number of carbonyl (C=O) groups excluding carboxylic acids is 1. The van der Waals surface area contributed by atoms with Gasteiger partial charge in [-0.2, -0.15) is 0 Å². The molecule has 0 heterocycles. The molecule has 0 saturated heterocycles. The van der Waals surface area contributed by atoms with Crippen LogP contribution in [0.2, 0.25) is 0 Å². The molecule has 0 aliphatic heterocycles.